The predicted molar refractivity (Wildman–Crippen MR) is 68.3 cm³/mol. The van der Waals surface area contributed by atoms with E-state index in [9.17, 15) is 9.59 Å². The maximum atomic E-state index is 11.7. The van der Waals surface area contributed by atoms with E-state index in [0.717, 1.165) is 5.56 Å². The van der Waals surface area contributed by atoms with Crippen LogP contribution in [-0.2, 0) is 14.3 Å². The minimum atomic E-state index is -0.331. The number of rotatable bonds is 2. The summed E-state index contributed by atoms with van der Waals surface area (Å²) in [5.74, 6) is -0.353. The van der Waals surface area contributed by atoms with Crippen molar-refractivity contribution in [2.75, 3.05) is 0 Å². The van der Waals surface area contributed by atoms with Crippen molar-refractivity contribution in [3.8, 4) is 0 Å². The molecule has 1 aromatic rings. The largest absolute Gasteiger partial charge is 0.431 e. The van der Waals surface area contributed by atoms with Gasteiger partial charge in [-0.05, 0) is 25.5 Å². The highest BCUT2D eigenvalue weighted by molar-refractivity contribution is 6.31. The van der Waals surface area contributed by atoms with Gasteiger partial charge in [0.1, 0.15) is 5.76 Å². The lowest BCUT2D eigenvalue weighted by molar-refractivity contribution is -0.141. The van der Waals surface area contributed by atoms with Crippen molar-refractivity contribution in [1.82, 2.24) is 0 Å². The molecule has 0 unspecified atom stereocenters. The molecule has 0 amide bonds. The van der Waals surface area contributed by atoms with E-state index in [0.29, 0.717) is 16.4 Å². The van der Waals surface area contributed by atoms with Gasteiger partial charge in [-0.2, -0.15) is 0 Å². The molecule has 3 nitrogen and oxygen atoms in total. The number of esters is 1. The molecule has 1 atom stereocenters. The third kappa shape index (κ3) is 2.31. The highest BCUT2D eigenvalue weighted by Crippen LogP contribution is 2.38. The zero-order chi connectivity index (χ0) is 13.3. The average molecular weight is 265 g/mol. The second-order valence-electron chi connectivity index (χ2n) is 4.28. The van der Waals surface area contributed by atoms with Crippen LogP contribution in [0, 0.1) is 0 Å². The summed E-state index contributed by atoms with van der Waals surface area (Å²) in [6.45, 7) is 3.11. The molecular formula is C14H13ClO3. The molecule has 1 aromatic carbocycles. The van der Waals surface area contributed by atoms with E-state index in [1.165, 1.54) is 6.92 Å². The number of hydrogen-bond donors (Lipinski definition) is 0. The summed E-state index contributed by atoms with van der Waals surface area (Å²) < 4.78 is 5.03. The Balaban J connectivity index is 2.54. The van der Waals surface area contributed by atoms with Gasteiger partial charge in [0.05, 0.1) is 6.42 Å². The van der Waals surface area contributed by atoms with Gasteiger partial charge in [-0.15, -0.1) is 0 Å². The molecule has 4 heteroatoms. The standard InChI is InChI=1S/C14H13ClO3/c1-8(16)14-9(2)18-13(17)7-11(14)10-5-3-4-6-12(10)15/h3-6,11H,7H2,1-2H3/t11-/m0/s1. The van der Waals surface area contributed by atoms with Crippen LogP contribution in [0.3, 0.4) is 0 Å². The zero-order valence-corrected chi connectivity index (χ0v) is 11.0. The second kappa shape index (κ2) is 4.94. The van der Waals surface area contributed by atoms with Crippen LogP contribution in [0.25, 0.3) is 0 Å². The van der Waals surface area contributed by atoms with Gasteiger partial charge in [-0.25, -0.2) is 0 Å². The van der Waals surface area contributed by atoms with E-state index in [1.807, 2.05) is 18.2 Å². The summed E-state index contributed by atoms with van der Waals surface area (Å²) in [7, 11) is 0. The Kier molecular flexibility index (Phi) is 3.53. The zero-order valence-electron chi connectivity index (χ0n) is 10.2. The fourth-order valence-corrected chi connectivity index (χ4v) is 2.57. The first-order chi connectivity index (χ1) is 8.50. The summed E-state index contributed by atoms with van der Waals surface area (Å²) in [5, 5.41) is 0.559. The first kappa shape index (κ1) is 12.8. The van der Waals surface area contributed by atoms with Gasteiger partial charge in [-0.3, -0.25) is 9.59 Å². The van der Waals surface area contributed by atoms with Crippen LogP contribution in [-0.4, -0.2) is 11.8 Å². The van der Waals surface area contributed by atoms with Gasteiger partial charge in [0.25, 0.3) is 0 Å². The fourth-order valence-electron chi connectivity index (χ4n) is 2.30. The lowest BCUT2D eigenvalue weighted by Crippen LogP contribution is -2.23. The number of carbonyl (C=O) groups excluding carboxylic acids is 2. The molecule has 18 heavy (non-hydrogen) atoms. The Bertz CT molecular complexity index is 546. The van der Waals surface area contributed by atoms with Crippen LogP contribution in [0.5, 0.6) is 0 Å². The number of Topliss-reactive ketones (excluding diaryl/α,β-unsaturated/α-hetero) is 1. The van der Waals surface area contributed by atoms with Crippen LogP contribution in [0.15, 0.2) is 35.6 Å². The van der Waals surface area contributed by atoms with Crippen molar-refractivity contribution >= 4 is 23.4 Å². The smallest absolute Gasteiger partial charge is 0.311 e. The molecule has 2 rings (SSSR count). The van der Waals surface area contributed by atoms with Gasteiger partial charge in [0, 0.05) is 16.5 Å². The van der Waals surface area contributed by atoms with Crippen LogP contribution < -0.4 is 0 Å². The maximum absolute atomic E-state index is 11.7. The van der Waals surface area contributed by atoms with Crippen molar-refractivity contribution in [1.29, 1.82) is 0 Å². The van der Waals surface area contributed by atoms with Gasteiger partial charge in [0.15, 0.2) is 5.78 Å². The number of ether oxygens (including phenoxy) is 1. The minimum Gasteiger partial charge on any atom is -0.431 e. The number of carbonyl (C=O) groups is 2. The van der Waals surface area contributed by atoms with E-state index in [2.05, 4.69) is 0 Å². The number of hydrogen-bond acceptors (Lipinski definition) is 3. The van der Waals surface area contributed by atoms with Crippen molar-refractivity contribution in [3.05, 3.63) is 46.2 Å². The van der Waals surface area contributed by atoms with Crippen molar-refractivity contribution in [3.63, 3.8) is 0 Å². The average Bonchev–Trinajstić information content (AvgIpc) is 2.27. The number of halogens is 1. The monoisotopic (exact) mass is 264 g/mol. The van der Waals surface area contributed by atoms with E-state index in [1.54, 1.807) is 13.0 Å². The number of cyclic esters (lactones) is 1. The molecular weight excluding hydrogens is 252 g/mol. The summed E-state index contributed by atoms with van der Waals surface area (Å²) in [6, 6.07) is 7.25. The number of benzene rings is 1. The van der Waals surface area contributed by atoms with E-state index < -0.39 is 0 Å². The lowest BCUT2D eigenvalue weighted by atomic mass is 9.84. The summed E-state index contributed by atoms with van der Waals surface area (Å²) in [5.41, 5.74) is 1.32. The maximum Gasteiger partial charge on any atom is 0.311 e. The molecule has 0 aliphatic carbocycles. The summed E-state index contributed by atoms with van der Waals surface area (Å²) >= 11 is 6.14. The Labute approximate surface area is 110 Å². The molecule has 0 bridgehead atoms. The normalized spacial score (nSPS) is 19.7. The van der Waals surface area contributed by atoms with Gasteiger partial charge < -0.3 is 4.74 Å². The Hall–Kier alpha value is -1.61. The number of ketones is 1. The van der Waals surface area contributed by atoms with Crippen molar-refractivity contribution in [2.45, 2.75) is 26.2 Å². The molecule has 0 N–H and O–H groups in total. The third-order valence-electron chi connectivity index (χ3n) is 3.03. The molecule has 0 spiro atoms. The van der Waals surface area contributed by atoms with Gasteiger partial charge >= 0.3 is 5.97 Å². The molecule has 0 radical (unpaired) electrons. The van der Waals surface area contributed by atoms with E-state index >= 15 is 0 Å². The SMILES string of the molecule is CC(=O)C1=C(C)OC(=O)C[C@H]1c1ccccc1Cl. The molecule has 1 aliphatic heterocycles. The molecule has 94 valence electrons. The fraction of sp³-hybridized carbons (Fsp3) is 0.286. The summed E-state index contributed by atoms with van der Waals surface area (Å²) in [6.07, 6.45) is 0.149. The second-order valence-corrected chi connectivity index (χ2v) is 4.69. The Morgan fingerprint density at radius 3 is 2.67 bits per heavy atom. The first-order valence-corrected chi connectivity index (χ1v) is 6.05. The summed E-state index contributed by atoms with van der Waals surface area (Å²) in [4.78, 5) is 23.2. The lowest BCUT2D eigenvalue weighted by Gasteiger charge is -2.25. The highest BCUT2D eigenvalue weighted by atomic mass is 35.5. The quantitative estimate of drug-likeness (QED) is 0.770. The minimum absolute atomic E-state index is 0.0927. The molecule has 1 heterocycles. The van der Waals surface area contributed by atoms with E-state index in [-0.39, 0.29) is 24.1 Å². The number of allylic oxidation sites excluding steroid dienone is 2. The predicted octanol–water partition coefficient (Wildman–Crippen LogP) is 3.23. The Morgan fingerprint density at radius 2 is 2.06 bits per heavy atom. The molecule has 0 saturated carbocycles. The topological polar surface area (TPSA) is 43.4 Å². The first-order valence-electron chi connectivity index (χ1n) is 5.67. The molecule has 1 aliphatic rings. The van der Waals surface area contributed by atoms with E-state index in [4.69, 9.17) is 16.3 Å². The molecule has 0 aromatic heterocycles. The highest BCUT2D eigenvalue weighted by Gasteiger charge is 2.32. The Morgan fingerprint density at radius 1 is 1.39 bits per heavy atom. The van der Waals surface area contributed by atoms with Crippen LogP contribution in [0.2, 0.25) is 5.02 Å². The van der Waals surface area contributed by atoms with Crippen LogP contribution in [0.4, 0.5) is 0 Å². The van der Waals surface area contributed by atoms with Gasteiger partial charge in [0.2, 0.25) is 0 Å². The third-order valence-corrected chi connectivity index (χ3v) is 3.37. The van der Waals surface area contributed by atoms with Crippen molar-refractivity contribution in [2.24, 2.45) is 0 Å². The van der Waals surface area contributed by atoms with Crippen LogP contribution >= 0.6 is 11.6 Å². The van der Waals surface area contributed by atoms with Gasteiger partial charge in [-0.1, -0.05) is 29.8 Å². The molecule has 0 fully saturated rings. The molecule has 0 saturated heterocycles. The van der Waals surface area contributed by atoms with Crippen molar-refractivity contribution < 1.29 is 14.3 Å². The van der Waals surface area contributed by atoms with Crippen LogP contribution in [0.1, 0.15) is 31.7 Å².